The molecule has 0 atom stereocenters. The standard InChI is InChI=1S/C19H17Br/c20-19-8-4-7-16(13-14-19)18-11-9-17(10-12-18)15-5-2-1-3-6-15/h1-2,4-5,7-12,14H,3,6,13H2. The van der Waals surface area contributed by atoms with Gasteiger partial charge in [0.1, 0.15) is 0 Å². The van der Waals surface area contributed by atoms with Gasteiger partial charge in [-0.2, -0.15) is 0 Å². The lowest BCUT2D eigenvalue weighted by Crippen LogP contribution is -1.89. The van der Waals surface area contributed by atoms with Crippen LogP contribution in [-0.4, -0.2) is 0 Å². The maximum Gasteiger partial charge on any atom is 0.0138 e. The highest BCUT2D eigenvalue weighted by molar-refractivity contribution is 9.11. The van der Waals surface area contributed by atoms with Crippen LogP contribution in [0.25, 0.3) is 11.1 Å². The van der Waals surface area contributed by atoms with E-state index in [4.69, 9.17) is 0 Å². The fraction of sp³-hybridized carbons (Fsp3) is 0.158. The van der Waals surface area contributed by atoms with Gasteiger partial charge in [0.15, 0.2) is 0 Å². The average molecular weight is 325 g/mol. The van der Waals surface area contributed by atoms with Gasteiger partial charge in [0.2, 0.25) is 0 Å². The summed E-state index contributed by atoms with van der Waals surface area (Å²) in [5, 5.41) is 0. The monoisotopic (exact) mass is 324 g/mol. The van der Waals surface area contributed by atoms with E-state index >= 15 is 0 Å². The first-order valence-electron chi connectivity index (χ1n) is 7.02. The number of benzene rings is 1. The van der Waals surface area contributed by atoms with Crippen molar-refractivity contribution in [2.24, 2.45) is 0 Å². The van der Waals surface area contributed by atoms with E-state index in [0.29, 0.717) is 0 Å². The minimum Gasteiger partial charge on any atom is -0.0842 e. The van der Waals surface area contributed by atoms with Gasteiger partial charge in [0.05, 0.1) is 0 Å². The van der Waals surface area contributed by atoms with Crippen molar-refractivity contribution in [3.05, 3.63) is 82.4 Å². The van der Waals surface area contributed by atoms with Crippen LogP contribution in [0.4, 0.5) is 0 Å². The van der Waals surface area contributed by atoms with Gasteiger partial charge in [-0.15, -0.1) is 0 Å². The van der Waals surface area contributed by atoms with Crippen LogP contribution >= 0.6 is 15.9 Å². The predicted molar refractivity (Wildman–Crippen MR) is 91.5 cm³/mol. The maximum atomic E-state index is 3.53. The van der Waals surface area contributed by atoms with E-state index in [9.17, 15) is 0 Å². The highest BCUT2D eigenvalue weighted by Crippen LogP contribution is 2.27. The molecule has 2 aliphatic carbocycles. The normalized spacial score (nSPS) is 18.1. The third-order valence-corrected chi connectivity index (χ3v) is 4.30. The van der Waals surface area contributed by atoms with Gasteiger partial charge < -0.3 is 0 Å². The zero-order chi connectivity index (χ0) is 13.8. The molecule has 100 valence electrons. The second-order valence-electron chi connectivity index (χ2n) is 5.08. The summed E-state index contributed by atoms with van der Waals surface area (Å²) in [5.41, 5.74) is 5.46. The van der Waals surface area contributed by atoms with Crippen molar-refractivity contribution in [1.82, 2.24) is 0 Å². The quantitative estimate of drug-likeness (QED) is 0.621. The minimum absolute atomic E-state index is 0.971. The zero-order valence-corrected chi connectivity index (χ0v) is 12.9. The largest absolute Gasteiger partial charge is 0.0842 e. The Kier molecular flexibility index (Phi) is 4.17. The number of rotatable bonds is 2. The van der Waals surface area contributed by atoms with Crippen LogP contribution in [0.5, 0.6) is 0 Å². The molecule has 0 aromatic heterocycles. The smallest absolute Gasteiger partial charge is 0.0138 e. The van der Waals surface area contributed by atoms with E-state index in [2.05, 4.69) is 82.7 Å². The van der Waals surface area contributed by atoms with E-state index in [1.54, 1.807) is 0 Å². The molecule has 3 rings (SSSR count). The zero-order valence-electron chi connectivity index (χ0n) is 11.4. The molecule has 2 aliphatic rings. The second-order valence-corrected chi connectivity index (χ2v) is 6.00. The lowest BCUT2D eigenvalue weighted by Gasteiger charge is -2.11. The van der Waals surface area contributed by atoms with Gasteiger partial charge >= 0.3 is 0 Å². The Morgan fingerprint density at radius 2 is 1.55 bits per heavy atom. The Bertz CT molecular complexity index is 634. The first-order valence-corrected chi connectivity index (χ1v) is 7.81. The highest BCUT2D eigenvalue weighted by atomic mass is 79.9. The molecule has 1 aromatic carbocycles. The Balaban J connectivity index is 1.83. The molecule has 20 heavy (non-hydrogen) atoms. The number of halogens is 1. The van der Waals surface area contributed by atoms with Crippen LogP contribution < -0.4 is 0 Å². The molecule has 0 saturated carbocycles. The third-order valence-electron chi connectivity index (χ3n) is 3.71. The molecular weight excluding hydrogens is 308 g/mol. The van der Waals surface area contributed by atoms with Gasteiger partial charge in [-0.3, -0.25) is 0 Å². The van der Waals surface area contributed by atoms with Crippen molar-refractivity contribution >= 4 is 27.1 Å². The Morgan fingerprint density at radius 3 is 2.25 bits per heavy atom. The number of allylic oxidation sites excluding steroid dienone is 10. The fourth-order valence-electron chi connectivity index (χ4n) is 2.56. The van der Waals surface area contributed by atoms with Gasteiger partial charge in [-0.1, -0.05) is 76.7 Å². The van der Waals surface area contributed by atoms with Gasteiger partial charge in [-0.25, -0.2) is 0 Å². The Hall–Kier alpha value is -1.60. The Labute approximate surface area is 129 Å². The first-order chi connectivity index (χ1) is 9.83. The summed E-state index contributed by atoms with van der Waals surface area (Å²) >= 11 is 3.53. The van der Waals surface area contributed by atoms with E-state index in [1.165, 1.54) is 22.3 Å². The molecule has 0 N–H and O–H groups in total. The molecule has 0 bridgehead atoms. The summed E-state index contributed by atoms with van der Waals surface area (Å²) in [4.78, 5) is 0. The molecule has 0 amide bonds. The van der Waals surface area contributed by atoms with Gasteiger partial charge in [0, 0.05) is 4.48 Å². The summed E-state index contributed by atoms with van der Waals surface area (Å²) in [6.07, 6.45) is 18.5. The fourth-order valence-corrected chi connectivity index (χ4v) is 2.87. The van der Waals surface area contributed by atoms with E-state index in [1.807, 2.05) is 0 Å². The van der Waals surface area contributed by atoms with Gasteiger partial charge in [0.25, 0.3) is 0 Å². The van der Waals surface area contributed by atoms with E-state index < -0.39 is 0 Å². The number of hydrogen-bond acceptors (Lipinski definition) is 0. The molecule has 0 spiro atoms. The maximum absolute atomic E-state index is 3.53. The molecule has 1 aromatic rings. The molecule has 0 nitrogen and oxygen atoms in total. The number of hydrogen-bond donors (Lipinski definition) is 0. The van der Waals surface area contributed by atoms with Crippen molar-refractivity contribution in [2.75, 3.05) is 0 Å². The lowest BCUT2D eigenvalue weighted by molar-refractivity contribution is 1.05. The summed E-state index contributed by atoms with van der Waals surface area (Å²) in [6, 6.07) is 8.96. The molecular formula is C19H17Br. The van der Waals surface area contributed by atoms with Crippen LogP contribution in [0.2, 0.25) is 0 Å². The third kappa shape index (κ3) is 3.10. The first kappa shape index (κ1) is 13.4. The molecule has 0 unspecified atom stereocenters. The van der Waals surface area contributed by atoms with Crippen LogP contribution in [0.3, 0.4) is 0 Å². The SMILES string of the molecule is BrC1=CCC(c2ccc(C3=CC=CCC3)cc2)=CC=C1. The summed E-state index contributed by atoms with van der Waals surface area (Å²) in [5.74, 6) is 0. The topological polar surface area (TPSA) is 0 Å². The minimum atomic E-state index is 0.971. The highest BCUT2D eigenvalue weighted by Gasteiger charge is 2.05. The van der Waals surface area contributed by atoms with Crippen molar-refractivity contribution < 1.29 is 0 Å². The van der Waals surface area contributed by atoms with Crippen LogP contribution in [0, 0.1) is 0 Å². The lowest BCUT2D eigenvalue weighted by atomic mass is 9.94. The van der Waals surface area contributed by atoms with Crippen molar-refractivity contribution in [3.8, 4) is 0 Å². The molecule has 0 saturated heterocycles. The predicted octanol–water partition coefficient (Wildman–Crippen LogP) is 6.04. The average Bonchev–Trinajstić information content (AvgIpc) is 2.73. The summed E-state index contributed by atoms with van der Waals surface area (Å²) in [6.45, 7) is 0. The molecule has 1 heteroatoms. The molecule has 0 radical (unpaired) electrons. The molecule has 0 fully saturated rings. The molecule has 0 aliphatic heterocycles. The van der Waals surface area contributed by atoms with Gasteiger partial charge in [-0.05, 0) is 47.6 Å². The summed E-state index contributed by atoms with van der Waals surface area (Å²) < 4.78 is 1.15. The van der Waals surface area contributed by atoms with Crippen LogP contribution in [0.1, 0.15) is 30.4 Å². The van der Waals surface area contributed by atoms with Crippen molar-refractivity contribution in [3.63, 3.8) is 0 Å². The molecule has 0 heterocycles. The van der Waals surface area contributed by atoms with Crippen LogP contribution in [0.15, 0.2) is 71.3 Å². The van der Waals surface area contributed by atoms with Crippen molar-refractivity contribution in [2.45, 2.75) is 19.3 Å². The van der Waals surface area contributed by atoms with E-state index in [-0.39, 0.29) is 0 Å². The second kappa shape index (κ2) is 6.23. The van der Waals surface area contributed by atoms with Crippen molar-refractivity contribution in [1.29, 1.82) is 0 Å². The Morgan fingerprint density at radius 1 is 0.850 bits per heavy atom. The van der Waals surface area contributed by atoms with Crippen LogP contribution in [-0.2, 0) is 0 Å². The van der Waals surface area contributed by atoms with E-state index in [0.717, 1.165) is 23.7 Å². The summed E-state index contributed by atoms with van der Waals surface area (Å²) in [7, 11) is 0.